The number of methoxy groups -OCH3 is 2. The average molecular weight is 490 g/mol. The van der Waals surface area contributed by atoms with Gasteiger partial charge in [-0.25, -0.2) is 4.79 Å². The van der Waals surface area contributed by atoms with Gasteiger partial charge >= 0.3 is 5.97 Å². The zero-order chi connectivity index (χ0) is 24.4. The first-order valence-corrected chi connectivity index (χ1v) is 11.5. The third-order valence-electron chi connectivity index (χ3n) is 6.26. The van der Waals surface area contributed by atoms with Crippen LogP contribution in [0.5, 0.6) is 11.5 Å². The number of hydrogen-bond donors (Lipinski definition) is 2. The molecule has 0 radical (unpaired) electrons. The summed E-state index contributed by atoms with van der Waals surface area (Å²) in [6.45, 7) is 2.00. The van der Waals surface area contributed by atoms with Gasteiger partial charge in [-0.2, -0.15) is 5.10 Å². The second-order valence-electron chi connectivity index (χ2n) is 8.41. The number of pyridine rings is 1. The van der Waals surface area contributed by atoms with Crippen molar-refractivity contribution in [1.82, 2.24) is 14.8 Å². The predicted octanol–water partition coefficient (Wildman–Crippen LogP) is 4.17. The lowest BCUT2D eigenvalue weighted by Crippen LogP contribution is -2.31. The van der Waals surface area contributed by atoms with Crippen molar-refractivity contribution in [2.75, 3.05) is 14.2 Å². The molecule has 1 saturated carbocycles. The molecule has 2 heterocycles. The van der Waals surface area contributed by atoms with Crippen LogP contribution >= 0.6 is 11.6 Å². The van der Waals surface area contributed by atoms with E-state index in [2.05, 4.69) is 10.1 Å². The van der Waals surface area contributed by atoms with Gasteiger partial charge in [-0.15, -0.1) is 0 Å². The standard InChI is InChI=1S/C24H28ClN3O6/c1-13-18(32-2)10-16(20(25)23(13)33-3)22(29)19(34-14-6-4-5-7-14)12-28-11-17-21(27-28)15(24(30)31)8-9-26-17/h8-11,14,19,22,29H,4-7,12H2,1-3H3,(H,30,31)/t19-,22+/m0/s1. The number of carboxylic acid groups (broad SMARTS) is 1. The highest BCUT2D eigenvalue weighted by Crippen LogP contribution is 2.42. The van der Waals surface area contributed by atoms with Crippen LogP contribution in [0.15, 0.2) is 24.5 Å². The van der Waals surface area contributed by atoms with Gasteiger partial charge in [0.15, 0.2) is 0 Å². The molecular weight excluding hydrogens is 462 g/mol. The van der Waals surface area contributed by atoms with E-state index in [9.17, 15) is 15.0 Å². The Morgan fingerprint density at radius 2 is 2.03 bits per heavy atom. The number of carbonyl (C=O) groups is 1. The van der Waals surface area contributed by atoms with Crippen molar-refractivity contribution in [1.29, 1.82) is 0 Å². The highest BCUT2D eigenvalue weighted by Gasteiger charge is 2.31. The van der Waals surface area contributed by atoms with Gasteiger partial charge in [0.05, 0.1) is 43.7 Å². The Labute approximate surface area is 202 Å². The van der Waals surface area contributed by atoms with Crippen LogP contribution < -0.4 is 9.47 Å². The molecule has 10 heteroatoms. The summed E-state index contributed by atoms with van der Waals surface area (Å²) in [5.74, 6) is -0.119. The molecule has 182 valence electrons. The quantitative estimate of drug-likeness (QED) is 0.460. The molecule has 9 nitrogen and oxygen atoms in total. The zero-order valence-corrected chi connectivity index (χ0v) is 20.1. The summed E-state index contributed by atoms with van der Waals surface area (Å²) >= 11 is 6.63. The van der Waals surface area contributed by atoms with Crippen molar-refractivity contribution in [3.05, 3.63) is 46.2 Å². The van der Waals surface area contributed by atoms with Gasteiger partial charge in [-0.05, 0) is 31.9 Å². The number of halogens is 1. The van der Waals surface area contributed by atoms with E-state index in [0.717, 1.165) is 31.2 Å². The molecule has 0 aliphatic heterocycles. The van der Waals surface area contributed by atoms with Crippen LogP contribution in [0.2, 0.25) is 5.02 Å². The van der Waals surface area contributed by atoms with Crippen LogP contribution in [0.25, 0.3) is 11.0 Å². The van der Waals surface area contributed by atoms with Crippen LogP contribution in [-0.4, -0.2) is 57.4 Å². The minimum absolute atomic E-state index is 0.00495. The van der Waals surface area contributed by atoms with Gasteiger partial charge in [-0.1, -0.05) is 24.4 Å². The van der Waals surface area contributed by atoms with Gasteiger partial charge < -0.3 is 24.4 Å². The van der Waals surface area contributed by atoms with Gasteiger partial charge in [0.2, 0.25) is 0 Å². The summed E-state index contributed by atoms with van der Waals surface area (Å²) in [4.78, 5) is 15.8. The number of fused-ring (bicyclic) bond motifs is 1. The first kappa shape index (κ1) is 24.3. The van der Waals surface area contributed by atoms with Crippen molar-refractivity contribution in [3.63, 3.8) is 0 Å². The van der Waals surface area contributed by atoms with Crippen molar-refractivity contribution in [2.45, 2.75) is 57.5 Å². The maximum absolute atomic E-state index is 11.6. The molecule has 0 spiro atoms. The number of carboxylic acids is 1. The van der Waals surface area contributed by atoms with E-state index >= 15 is 0 Å². The molecule has 0 saturated heterocycles. The molecule has 0 amide bonds. The third kappa shape index (κ3) is 4.68. The van der Waals surface area contributed by atoms with E-state index in [1.165, 1.54) is 19.4 Å². The number of aliphatic hydroxyl groups excluding tert-OH is 1. The van der Waals surface area contributed by atoms with Crippen molar-refractivity contribution >= 4 is 28.6 Å². The number of rotatable bonds is 9. The lowest BCUT2D eigenvalue weighted by molar-refractivity contribution is -0.0844. The van der Waals surface area contributed by atoms with E-state index in [1.54, 1.807) is 24.1 Å². The molecule has 1 aliphatic carbocycles. The van der Waals surface area contributed by atoms with Crippen LogP contribution in [0.3, 0.4) is 0 Å². The number of aliphatic hydroxyl groups is 1. The Balaban J connectivity index is 1.72. The Kier molecular flexibility index (Phi) is 7.25. The molecule has 34 heavy (non-hydrogen) atoms. The molecule has 1 aliphatic rings. The molecule has 2 N–H and O–H groups in total. The highest BCUT2D eigenvalue weighted by atomic mass is 35.5. The largest absolute Gasteiger partial charge is 0.496 e. The SMILES string of the molecule is COc1cc([C@@H](O)[C@H](Cn2cc3nccc(C(=O)O)c3n2)OC2CCCC2)c(Cl)c(OC)c1C. The van der Waals surface area contributed by atoms with Gasteiger partial charge in [-0.3, -0.25) is 9.67 Å². The van der Waals surface area contributed by atoms with Gasteiger partial charge in [0.25, 0.3) is 0 Å². The zero-order valence-electron chi connectivity index (χ0n) is 19.3. The fraction of sp³-hybridized carbons (Fsp3) is 0.458. The molecule has 2 aromatic heterocycles. The molecule has 2 atom stereocenters. The molecule has 3 aromatic rings. The molecule has 1 aromatic carbocycles. The van der Waals surface area contributed by atoms with Crippen LogP contribution in [0.1, 0.15) is 53.3 Å². The van der Waals surface area contributed by atoms with Crippen LogP contribution in [0, 0.1) is 6.92 Å². The van der Waals surface area contributed by atoms with Crippen molar-refractivity contribution in [2.24, 2.45) is 0 Å². The van der Waals surface area contributed by atoms with Crippen molar-refractivity contribution < 1.29 is 29.2 Å². The Hall–Kier alpha value is -2.88. The number of benzene rings is 1. The Bertz CT molecular complexity index is 1190. The highest BCUT2D eigenvalue weighted by molar-refractivity contribution is 6.33. The second kappa shape index (κ2) is 10.2. The molecule has 4 rings (SSSR count). The van der Waals surface area contributed by atoms with Crippen LogP contribution in [-0.2, 0) is 11.3 Å². The first-order chi connectivity index (χ1) is 16.3. The number of aromatic carboxylic acids is 1. The summed E-state index contributed by atoms with van der Waals surface area (Å²) in [5, 5.41) is 25.6. The lowest BCUT2D eigenvalue weighted by Gasteiger charge is -2.28. The van der Waals surface area contributed by atoms with E-state index in [1.807, 2.05) is 6.92 Å². The summed E-state index contributed by atoms with van der Waals surface area (Å²) in [7, 11) is 3.05. The topological polar surface area (TPSA) is 116 Å². The molecule has 0 bridgehead atoms. The number of aromatic nitrogens is 3. The Morgan fingerprint density at radius 1 is 1.29 bits per heavy atom. The van der Waals surface area contributed by atoms with E-state index in [0.29, 0.717) is 22.6 Å². The monoisotopic (exact) mass is 489 g/mol. The van der Waals surface area contributed by atoms with E-state index in [4.69, 9.17) is 25.8 Å². The minimum Gasteiger partial charge on any atom is -0.496 e. The predicted molar refractivity (Wildman–Crippen MR) is 126 cm³/mol. The molecular formula is C24H28ClN3O6. The van der Waals surface area contributed by atoms with Gasteiger partial charge in [0.1, 0.15) is 34.7 Å². The summed E-state index contributed by atoms with van der Waals surface area (Å²) in [6.07, 6.45) is 5.21. The second-order valence-corrected chi connectivity index (χ2v) is 8.79. The Morgan fingerprint density at radius 3 is 2.68 bits per heavy atom. The number of nitrogens with zero attached hydrogens (tertiary/aromatic N) is 3. The summed E-state index contributed by atoms with van der Waals surface area (Å²) in [6, 6.07) is 3.10. The van der Waals surface area contributed by atoms with Crippen LogP contribution in [0.4, 0.5) is 0 Å². The number of ether oxygens (including phenoxy) is 3. The maximum Gasteiger partial charge on any atom is 0.338 e. The molecule has 1 fully saturated rings. The summed E-state index contributed by atoms with van der Waals surface area (Å²) < 4.78 is 18.8. The van der Waals surface area contributed by atoms with E-state index < -0.39 is 18.2 Å². The fourth-order valence-electron chi connectivity index (χ4n) is 4.50. The third-order valence-corrected chi connectivity index (χ3v) is 6.65. The van der Waals surface area contributed by atoms with Crippen molar-refractivity contribution in [3.8, 4) is 11.5 Å². The number of hydrogen-bond acceptors (Lipinski definition) is 7. The van der Waals surface area contributed by atoms with Gasteiger partial charge in [0, 0.05) is 17.3 Å². The first-order valence-electron chi connectivity index (χ1n) is 11.1. The average Bonchev–Trinajstić information content (AvgIpc) is 3.47. The lowest BCUT2D eigenvalue weighted by atomic mass is 10.0. The normalized spacial score (nSPS) is 16.0. The molecule has 0 unspecified atom stereocenters. The summed E-state index contributed by atoms with van der Waals surface area (Å²) in [5.41, 5.74) is 1.94. The smallest absolute Gasteiger partial charge is 0.338 e. The maximum atomic E-state index is 11.6. The fourth-order valence-corrected chi connectivity index (χ4v) is 4.88. The minimum atomic E-state index is -1.12. The van der Waals surface area contributed by atoms with E-state index in [-0.39, 0.29) is 28.8 Å².